The van der Waals surface area contributed by atoms with Crippen molar-refractivity contribution in [3.63, 3.8) is 0 Å². The summed E-state index contributed by atoms with van der Waals surface area (Å²) >= 11 is 0. The van der Waals surface area contributed by atoms with E-state index >= 15 is 0 Å². The average Bonchev–Trinajstić information content (AvgIpc) is 2.95. The van der Waals surface area contributed by atoms with Crippen molar-refractivity contribution in [1.29, 1.82) is 0 Å². The predicted molar refractivity (Wildman–Crippen MR) is 118 cm³/mol. The number of amidine groups is 1. The molecule has 1 spiro atoms. The van der Waals surface area contributed by atoms with E-state index in [0.29, 0.717) is 25.7 Å². The van der Waals surface area contributed by atoms with Crippen LogP contribution in [0.25, 0.3) is 0 Å². The van der Waals surface area contributed by atoms with Crippen LogP contribution in [0.15, 0.2) is 17.1 Å². The van der Waals surface area contributed by atoms with Crippen molar-refractivity contribution in [2.75, 3.05) is 0 Å². The van der Waals surface area contributed by atoms with Gasteiger partial charge in [0.05, 0.1) is 5.54 Å². The number of hydrogen-bond acceptors (Lipinski definition) is 8. The first kappa shape index (κ1) is 24.8. The van der Waals surface area contributed by atoms with E-state index in [0.717, 1.165) is 38.5 Å². The van der Waals surface area contributed by atoms with Gasteiger partial charge < -0.3 is 35.8 Å². The van der Waals surface area contributed by atoms with Gasteiger partial charge in [0.1, 0.15) is 29.7 Å². The molecule has 3 saturated heterocycles. The standard InChI is InChI=1S/C21H34N3O8P/c22-14-8-7-13-9-12-20(23-14)10-5-3-1-2-4-6-11-21(13,24-19(20)27)17-15(25)16(26)18(31-17)32-33(28,29)30/h7-8,13,15-18,25-26H,1-6,9-12H2,(H2,22,23)(H,24,27)(H2,28,29,30)/b8-7-/t13?,15?,16?,17?,18?,20?,21-/m0/s1. The number of nitrogens with zero attached hydrogens (tertiary/aromatic N) is 1. The van der Waals surface area contributed by atoms with Gasteiger partial charge in [0.2, 0.25) is 5.91 Å². The van der Waals surface area contributed by atoms with E-state index in [9.17, 15) is 29.4 Å². The van der Waals surface area contributed by atoms with Gasteiger partial charge in [0.15, 0.2) is 6.29 Å². The lowest BCUT2D eigenvalue weighted by Gasteiger charge is -2.44. The molecule has 0 aromatic heterocycles. The lowest BCUT2D eigenvalue weighted by atomic mass is 9.71. The summed E-state index contributed by atoms with van der Waals surface area (Å²) in [5.41, 5.74) is 3.97. The number of nitrogens with one attached hydrogen (secondary N) is 1. The van der Waals surface area contributed by atoms with Crippen LogP contribution in [-0.2, 0) is 18.6 Å². The van der Waals surface area contributed by atoms with Crippen LogP contribution in [0.5, 0.6) is 0 Å². The monoisotopic (exact) mass is 487 g/mol. The van der Waals surface area contributed by atoms with Gasteiger partial charge in [-0.3, -0.25) is 14.3 Å². The van der Waals surface area contributed by atoms with Crippen molar-refractivity contribution in [3.8, 4) is 0 Å². The highest BCUT2D eigenvalue weighted by atomic mass is 31.2. The van der Waals surface area contributed by atoms with Crippen molar-refractivity contribution in [3.05, 3.63) is 12.2 Å². The molecule has 12 heteroatoms. The van der Waals surface area contributed by atoms with Crippen molar-refractivity contribution >= 4 is 19.6 Å². The highest BCUT2D eigenvalue weighted by Crippen LogP contribution is 2.48. The third-order valence-corrected chi connectivity index (χ3v) is 8.02. The molecule has 4 aliphatic heterocycles. The first-order chi connectivity index (χ1) is 15.6. The lowest BCUT2D eigenvalue weighted by molar-refractivity contribution is -0.148. The molecule has 7 N–H and O–H groups in total. The van der Waals surface area contributed by atoms with Crippen LogP contribution < -0.4 is 11.1 Å². The molecule has 4 aliphatic rings. The maximum Gasteiger partial charge on any atom is 0.472 e. The molecule has 186 valence electrons. The normalized spacial score (nSPS) is 45.0. The van der Waals surface area contributed by atoms with Crippen LogP contribution in [0, 0.1) is 5.92 Å². The molecule has 0 radical (unpaired) electrons. The van der Waals surface area contributed by atoms with Crippen molar-refractivity contribution in [2.24, 2.45) is 16.6 Å². The Kier molecular flexibility index (Phi) is 7.04. The number of aliphatic imine (C=N–C) groups is 1. The van der Waals surface area contributed by atoms with E-state index < -0.39 is 43.5 Å². The Morgan fingerprint density at radius 1 is 1.09 bits per heavy atom. The Bertz CT molecular complexity index is 862. The van der Waals surface area contributed by atoms with Crippen LogP contribution in [0.1, 0.15) is 64.2 Å². The summed E-state index contributed by atoms with van der Waals surface area (Å²) < 4.78 is 21.8. The minimum atomic E-state index is -4.99. The zero-order chi connectivity index (χ0) is 23.9. The SMILES string of the molecule is NC1=N\C23CCCCCCCC[C@](C4OC(OP(=O)(O)O)C(O)C4O)(NC2=O)C(/C=C\1)CC3. The summed E-state index contributed by atoms with van der Waals surface area (Å²) in [7, 11) is -4.99. The number of fused-ring (bicyclic) bond motifs is 5. The smallest absolute Gasteiger partial charge is 0.387 e. The number of phosphoric acid groups is 1. The quantitative estimate of drug-likeness (QED) is 0.310. The third-order valence-electron chi connectivity index (χ3n) is 7.54. The molecule has 4 heterocycles. The molecule has 3 bridgehead atoms. The molecule has 4 rings (SSSR count). The second-order valence-corrected chi connectivity index (χ2v) is 10.9. The zero-order valence-electron chi connectivity index (χ0n) is 18.5. The Morgan fingerprint density at radius 2 is 1.76 bits per heavy atom. The largest absolute Gasteiger partial charge is 0.472 e. The second kappa shape index (κ2) is 9.37. The zero-order valence-corrected chi connectivity index (χ0v) is 19.4. The third kappa shape index (κ3) is 4.91. The fraction of sp³-hybridized carbons (Fsp3) is 0.810. The van der Waals surface area contributed by atoms with E-state index in [1.807, 2.05) is 6.08 Å². The lowest BCUT2D eigenvalue weighted by Crippen LogP contribution is -2.65. The topological polar surface area (TPSA) is 184 Å². The molecule has 0 aromatic rings. The predicted octanol–water partition coefficient (Wildman–Crippen LogP) is 0.608. The van der Waals surface area contributed by atoms with Crippen LogP contribution in [0.2, 0.25) is 0 Å². The fourth-order valence-electron chi connectivity index (χ4n) is 5.86. The summed E-state index contributed by atoms with van der Waals surface area (Å²) in [6, 6.07) is 0. The molecule has 0 aliphatic carbocycles. The van der Waals surface area contributed by atoms with Crippen LogP contribution in [0.3, 0.4) is 0 Å². The molecule has 7 atom stereocenters. The molecule has 1 amide bonds. The minimum absolute atomic E-state index is 0.260. The van der Waals surface area contributed by atoms with Crippen molar-refractivity contribution in [1.82, 2.24) is 5.32 Å². The number of nitrogens with two attached hydrogens (primary N) is 1. The number of hydrogen-bond donors (Lipinski definition) is 6. The van der Waals surface area contributed by atoms with Gasteiger partial charge in [-0.1, -0.05) is 44.6 Å². The molecule has 3 fully saturated rings. The van der Waals surface area contributed by atoms with E-state index in [2.05, 4.69) is 14.8 Å². The summed E-state index contributed by atoms with van der Waals surface area (Å²) in [5.74, 6) is -0.350. The summed E-state index contributed by atoms with van der Waals surface area (Å²) in [4.78, 5) is 36.8. The molecule has 6 unspecified atom stereocenters. The highest BCUT2D eigenvalue weighted by Gasteiger charge is 2.60. The number of phosphoric ester groups is 1. The van der Waals surface area contributed by atoms with Crippen molar-refractivity contribution < 1.29 is 38.6 Å². The number of amides is 1. The van der Waals surface area contributed by atoms with E-state index in [-0.39, 0.29) is 17.7 Å². The van der Waals surface area contributed by atoms with Crippen molar-refractivity contribution in [2.45, 2.75) is 99.9 Å². The fourth-order valence-corrected chi connectivity index (χ4v) is 6.31. The van der Waals surface area contributed by atoms with Gasteiger partial charge in [-0.25, -0.2) is 4.57 Å². The first-order valence-corrected chi connectivity index (χ1v) is 13.2. The van der Waals surface area contributed by atoms with Gasteiger partial charge in [-0.15, -0.1) is 0 Å². The van der Waals surface area contributed by atoms with Crippen LogP contribution in [-0.4, -0.2) is 67.4 Å². The maximum absolute atomic E-state index is 13.7. The van der Waals surface area contributed by atoms with Gasteiger partial charge in [0.25, 0.3) is 0 Å². The maximum atomic E-state index is 13.7. The Labute approximate surface area is 192 Å². The van der Waals surface area contributed by atoms with Gasteiger partial charge in [-0.05, 0) is 31.8 Å². The van der Waals surface area contributed by atoms with Gasteiger partial charge >= 0.3 is 7.82 Å². The number of carbonyl (C=O) groups is 1. The molecular weight excluding hydrogens is 453 g/mol. The average molecular weight is 487 g/mol. The summed E-state index contributed by atoms with van der Waals surface area (Å²) in [5, 5.41) is 24.6. The van der Waals surface area contributed by atoms with E-state index in [1.54, 1.807) is 6.08 Å². The second-order valence-electron chi connectivity index (χ2n) is 9.69. The summed E-state index contributed by atoms with van der Waals surface area (Å²) in [6.07, 6.45) is 5.04. The Morgan fingerprint density at radius 3 is 2.45 bits per heavy atom. The van der Waals surface area contributed by atoms with Crippen LogP contribution >= 0.6 is 7.82 Å². The molecular formula is C21H34N3O8P. The molecule has 0 saturated carbocycles. The molecule has 0 aromatic carbocycles. The van der Waals surface area contributed by atoms with Gasteiger partial charge in [-0.2, -0.15) is 0 Å². The highest BCUT2D eigenvalue weighted by molar-refractivity contribution is 7.46. The Balaban J connectivity index is 1.77. The summed E-state index contributed by atoms with van der Waals surface area (Å²) in [6.45, 7) is 0. The van der Waals surface area contributed by atoms with Gasteiger partial charge in [0, 0.05) is 5.92 Å². The number of aliphatic hydroxyl groups excluding tert-OH is 2. The number of carbonyl (C=O) groups excluding carboxylic acids is 1. The molecule has 11 nitrogen and oxygen atoms in total. The number of aliphatic hydroxyl groups is 2. The number of ether oxygens (including phenoxy) is 1. The molecule has 33 heavy (non-hydrogen) atoms. The Hall–Kier alpha value is -1.33. The van der Waals surface area contributed by atoms with E-state index in [4.69, 9.17) is 10.5 Å². The number of rotatable bonds is 3. The first-order valence-electron chi connectivity index (χ1n) is 11.7. The van der Waals surface area contributed by atoms with E-state index in [1.165, 1.54) is 0 Å². The minimum Gasteiger partial charge on any atom is -0.387 e. The van der Waals surface area contributed by atoms with Crippen LogP contribution in [0.4, 0.5) is 0 Å².